The monoisotopic (exact) mass is 274 g/mol. The Morgan fingerprint density at radius 3 is 2.79 bits per heavy atom. The number of halogens is 2. The van der Waals surface area contributed by atoms with Crippen LogP contribution in [0, 0.1) is 6.92 Å². The number of carboxylic acids is 1. The summed E-state index contributed by atoms with van der Waals surface area (Å²) >= 11 is 9.34. The molecule has 0 amide bonds. The summed E-state index contributed by atoms with van der Waals surface area (Å²) in [4.78, 5) is 10.3. The molecule has 0 unspecified atom stereocenters. The van der Waals surface area contributed by atoms with Crippen LogP contribution in [0.5, 0.6) is 0 Å². The lowest BCUT2D eigenvalue weighted by molar-refractivity contribution is -0.131. The third kappa shape index (κ3) is 2.59. The van der Waals surface area contributed by atoms with Crippen molar-refractivity contribution < 1.29 is 9.90 Å². The number of hydrogen-bond donors (Lipinski definition) is 1. The van der Waals surface area contributed by atoms with Crippen LogP contribution in [0.3, 0.4) is 0 Å². The molecular weight excluding hydrogens is 267 g/mol. The summed E-state index contributed by atoms with van der Waals surface area (Å²) in [5, 5.41) is 9.02. The molecule has 0 saturated heterocycles. The highest BCUT2D eigenvalue weighted by atomic mass is 79.9. The zero-order valence-corrected chi connectivity index (χ0v) is 9.76. The van der Waals surface area contributed by atoms with Crippen molar-refractivity contribution >= 4 is 39.6 Å². The van der Waals surface area contributed by atoms with Crippen molar-refractivity contribution in [3.8, 4) is 0 Å². The Hall–Kier alpha value is -0.800. The largest absolute Gasteiger partial charge is 0.478 e. The summed E-state index contributed by atoms with van der Waals surface area (Å²) in [6.45, 7) is 1.87. The molecule has 0 aliphatic rings. The second-order valence-electron chi connectivity index (χ2n) is 2.75. The maximum absolute atomic E-state index is 10.3. The van der Waals surface area contributed by atoms with Gasteiger partial charge in [-0.25, -0.2) is 4.79 Å². The van der Waals surface area contributed by atoms with Gasteiger partial charge in [-0.15, -0.1) is 0 Å². The smallest absolute Gasteiger partial charge is 0.328 e. The van der Waals surface area contributed by atoms with Crippen LogP contribution in [0.15, 0.2) is 22.7 Å². The minimum atomic E-state index is -0.985. The Morgan fingerprint density at radius 1 is 1.57 bits per heavy atom. The lowest BCUT2D eigenvalue weighted by Crippen LogP contribution is -1.87. The van der Waals surface area contributed by atoms with Crippen LogP contribution in [-0.4, -0.2) is 11.1 Å². The van der Waals surface area contributed by atoms with Gasteiger partial charge in [-0.3, -0.25) is 0 Å². The van der Waals surface area contributed by atoms with Gasteiger partial charge in [-0.1, -0.05) is 33.6 Å². The standard InChI is InChI=1S/C10H8BrClO2/c1-6-8(11)4-2-7(10(6)12)3-5-9(13)14/h2-5H,1H3,(H,13,14)/b5-3+. The molecule has 0 aromatic heterocycles. The summed E-state index contributed by atoms with van der Waals surface area (Å²) in [6, 6.07) is 3.60. The molecule has 0 fully saturated rings. The van der Waals surface area contributed by atoms with E-state index in [9.17, 15) is 4.79 Å². The van der Waals surface area contributed by atoms with E-state index in [2.05, 4.69) is 15.9 Å². The average Bonchev–Trinajstić information content (AvgIpc) is 2.13. The number of carboxylic acid groups (broad SMARTS) is 1. The Balaban J connectivity index is 3.12. The lowest BCUT2D eigenvalue weighted by atomic mass is 10.1. The molecule has 0 bridgehead atoms. The maximum atomic E-state index is 10.3. The Labute approximate surface area is 95.3 Å². The molecule has 0 aliphatic heterocycles. The van der Waals surface area contributed by atoms with E-state index < -0.39 is 5.97 Å². The molecule has 0 radical (unpaired) electrons. The van der Waals surface area contributed by atoms with Crippen molar-refractivity contribution in [1.29, 1.82) is 0 Å². The van der Waals surface area contributed by atoms with Gasteiger partial charge in [-0.2, -0.15) is 0 Å². The van der Waals surface area contributed by atoms with Gasteiger partial charge >= 0.3 is 5.97 Å². The molecule has 0 aliphatic carbocycles. The van der Waals surface area contributed by atoms with Crippen LogP contribution < -0.4 is 0 Å². The van der Waals surface area contributed by atoms with Crippen molar-refractivity contribution in [2.24, 2.45) is 0 Å². The van der Waals surface area contributed by atoms with Crippen molar-refractivity contribution in [1.82, 2.24) is 0 Å². The number of benzene rings is 1. The van der Waals surface area contributed by atoms with Gasteiger partial charge in [0.2, 0.25) is 0 Å². The summed E-state index contributed by atoms with van der Waals surface area (Å²) in [6.07, 6.45) is 2.54. The average molecular weight is 276 g/mol. The fourth-order valence-electron chi connectivity index (χ4n) is 0.972. The first kappa shape index (κ1) is 11.3. The third-order valence-electron chi connectivity index (χ3n) is 1.76. The van der Waals surface area contributed by atoms with Crippen LogP contribution in [0.2, 0.25) is 5.02 Å². The zero-order chi connectivity index (χ0) is 10.7. The first-order valence-corrected chi connectivity index (χ1v) is 5.05. The van der Waals surface area contributed by atoms with E-state index in [-0.39, 0.29) is 0 Å². The highest BCUT2D eigenvalue weighted by Crippen LogP contribution is 2.28. The van der Waals surface area contributed by atoms with Crippen LogP contribution in [-0.2, 0) is 4.79 Å². The molecule has 14 heavy (non-hydrogen) atoms. The topological polar surface area (TPSA) is 37.3 Å². The molecule has 0 saturated carbocycles. The van der Waals surface area contributed by atoms with Crippen LogP contribution in [0.1, 0.15) is 11.1 Å². The summed E-state index contributed by atoms with van der Waals surface area (Å²) in [7, 11) is 0. The number of aliphatic carboxylic acids is 1. The minimum absolute atomic E-state index is 0.567. The first-order valence-electron chi connectivity index (χ1n) is 3.88. The van der Waals surface area contributed by atoms with Gasteiger partial charge in [0.15, 0.2) is 0 Å². The fraction of sp³-hybridized carbons (Fsp3) is 0.100. The Bertz CT molecular complexity index is 399. The Morgan fingerprint density at radius 2 is 2.21 bits per heavy atom. The van der Waals surface area contributed by atoms with E-state index in [4.69, 9.17) is 16.7 Å². The second-order valence-corrected chi connectivity index (χ2v) is 3.98. The van der Waals surface area contributed by atoms with E-state index >= 15 is 0 Å². The molecule has 0 heterocycles. The minimum Gasteiger partial charge on any atom is -0.478 e. The molecule has 74 valence electrons. The van der Waals surface area contributed by atoms with Gasteiger partial charge in [0.25, 0.3) is 0 Å². The molecule has 0 spiro atoms. The molecule has 2 nitrogen and oxygen atoms in total. The SMILES string of the molecule is Cc1c(Br)ccc(/C=C/C(=O)O)c1Cl. The summed E-state index contributed by atoms with van der Waals surface area (Å²) in [5.41, 5.74) is 1.61. The first-order chi connectivity index (χ1) is 6.52. The van der Waals surface area contributed by atoms with E-state index in [1.54, 1.807) is 6.07 Å². The Kier molecular flexibility index (Phi) is 3.72. The van der Waals surface area contributed by atoms with E-state index in [0.29, 0.717) is 10.6 Å². The molecule has 1 aromatic carbocycles. The van der Waals surface area contributed by atoms with Gasteiger partial charge in [0, 0.05) is 10.5 Å². The number of carbonyl (C=O) groups is 1. The summed E-state index contributed by atoms with van der Waals surface area (Å²) < 4.78 is 0.912. The zero-order valence-electron chi connectivity index (χ0n) is 7.42. The van der Waals surface area contributed by atoms with Crippen molar-refractivity contribution in [2.45, 2.75) is 6.92 Å². The molecule has 4 heteroatoms. The quantitative estimate of drug-likeness (QED) is 0.839. The molecule has 0 atom stereocenters. The predicted molar refractivity (Wildman–Crippen MR) is 60.6 cm³/mol. The van der Waals surface area contributed by atoms with Crippen LogP contribution in [0.25, 0.3) is 6.08 Å². The summed E-state index contributed by atoms with van der Waals surface area (Å²) in [5.74, 6) is -0.985. The van der Waals surface area contributed by atoms with E-state index in [1.807, 2.05) is 13.0 Å². The van der Waals surface area contributed by atoms with Gasteiger partial charge < -0.3 is 5.11 Å². The fourth-order valence-corrected chi connectivity index (χ4v) is 1.64. The van der Waals surface area contributed by atoms with Crippen LogP contribution in [0.4, 0.5) is 0 Å². The molecule has 1 rings (SSSR count). The maximum Gasteiger partial charge on any atom is 0.328 e. The highest BCUT2D eigenvalue weighted by molar-refractivity contribution is 9.10. The molecule has 1 N–H and O–H groups in total. The predicted octanol–water partition coefficient (Wildman–Crippen LogP) is 3.51. The second kappa shape index (κ2) is 4.62. The van der Waals surface area contributed by atoms with Gasteiger partial charge in [0.1, 0.15) is 0 Å². The van der Waals surface area contributed by atoms with Crippen molar-refractivity contribution in [3.05, 3.63) is 38.8 Å². The van der Waals surface area contributed by atoms with E-state index in [0.717, 1.165) is 16.1 Å². The van der Waals surface area contributed by atoms with Crippen LogP contribution >= 0.6 is 27.5 Å². The van der Waals surface area contributed by atoms with Crippen molar-refractivity contribution in [2.75, 3.05) is 0 Å². The number of rotatable bonds is 2. The normalized spacial score (nSPS) is 10.8. The molecular formula is C10H8BrClO2. The van der Waals surface area contributed by atoms with E-state index in [1.165, 1.54) is 6.08 Å². The van der Waals surface area contributed by atoms with Crippen molar-refractivity contribution in [3.63, 3.8) is 0 Å². The highest BCUT2D eigenvalue weighted by Gasteiger charge is 2.03. The van der Waals surface area contributed by atoms with Gasteiger partial charge in [-0.05, 0) is 30.2 Å². The number of hydrogen-bond acceptors (Lipinski definition) is 1. The molecule has 1 aromatic rings. The van der Waals surface area contributed by atoms with Gasteiger partial charge in [0.05, 0.1) is 5.02 Å². The third-order valence-corrected chi connectivity index (χ3v) is 3.12. The lowest BCUT2D eigenvalue weighted by Gasteiger charge is -2.04.